The lowest BCUT2D eigenvalue weighted by atomic mass is 10.1. The van der Waals surface area contributed by atoms with Gasteiger partial charge in [0.2, 0.25) is 0 Å². The molecule has 6 heteroatoms. The van der Waals surface area contributed by atoms with Crippen LogP contribution in [0.2, 0.25) is 0 Å². The molecule has 20 heavy (non-hydrogen) atoms. The van der Waals surface area contributed by atoms with Crippen molar-refractivity contribution in [2.24, 2.45) is 0 Å². The van der Waals surface area contributed by atoms with Crippen LogP contribution in [0.4, 0.5) is 10.5 Å². The Kier molecular flexibility index (Phi) is 6.04. The first-order chi connectivity index (χ1) is 9.56. The number of benzene rings is 1. The zero-order chi connectivity index (χ0) is 15.0. The van der Waals surface area contributed by atoms with Crippen molar-refractivity contribution in [3.8, 4) is 6.07 Å². The summed E-state index contributed by atoms with van der Waals surface area (Å²) in [5.74, 6) is -1.06. The lowest BCUT2D eigenvalue weighted by Gasteiger charge is -2.14. The van der Waals surface area contributed by atoms with E-state index in [-0.39, 0.29) is 0 Å². The topological polar surface area (TPSA) is 102 Å². The van der Waals surface area contributed by atoms with Gasteiger partial charge in [0.25, 0.3) is 0 Å². The van der Waals surface area contributed by atoms with Gasteiger partial charge in [-0.2, -0.15) is 5.26 Å². The fourth-order valence-corrected chi connectivity index (χ4v) is 1.66. The molecular formula is C14H17N3O3. The van der Waals surface area contributed by atoms with Crippen LogP contribution in [-0.4, -0.2) is 23.1 Å². The van der Waals surface area contributed by atoms with Crippen LogP contribution >= 0.6 is 0 Å². The number of rotatable bonds is 6. The average Bonchev–Trinajstić information content (AvgIpc) is 2.43. The number of anilines is 1. The molecule has 0 aliphatic carbocycles. The molecule has 1 aromatic carbocycles. The van der Waals surface area contributed by atoms with Crippen LogP contribution in [-0.2, 0) is 4.79 Å². The van der Waals surface area contributed by atoms with Crippen molar-refractivity contribution < 1.29 is 14.7 Å². The first-order valence-corrected chi connectivity index (χ1v) is 6.37. The number of nitrogens with zero attached hydrogens (tertiary/aromatic N) is 1. The summed E-state index contributed by atoms with van der Waals surface area (Å²) in [7, 11) is 0. The third-order valence-corrected chi connectivity index (χ3v) is 2.70. The van der Waals surface area contributed by atoms with Crippen LogP contribution in [0.15, 0.2) is 24.3 Å². The number of hydrogen-bond acceptors (Lipinski definition) is 3. The number of aliphatic carboxylic acids is 1. The number of amides is 2. The second kappa shape index (κ2) is 7.79. The Morgan fingerprint density at radius 1 is 1.45 bits per heavy atom. The van der Waals surface area contributed by atoms with E-state index in [0.717, 1.165) is 12.8 Å². The molecule has 0 heterocycles. The maximum absolute atomic E-state index is 11.7. The van der Waals surface area contributed by atoms with Gasteiger partial charge in [0.05, 0.1) is 11.6 Å². The first-order valence-electron chi connectivity index (χ1n) is 6.37. The van der Waals surface area contributed by atoms with Gasteiger partial charge in [0.15, 0.2) is 0 Å². The highest BCUT2D eigenvalue weighted by Crippen LogP contribution is 2.09. The number of unbranched alkanes of at least 4 members (excludes halogenated alkanes) is 1. The fourth-order valence-electron chi connectivity index (χ4n) is 1.66. The summed E-state index contributed by atoms with van der Waals surface area (Å²) < 4.78 is 0. The van der Waals surface area contributed by atoms with Gasteiger partial charge in [-0.3, -0.25) is 0 Å². The van der Waals surface area contributed by atoms with E-state index in [2.05, 4.69) is 10.6 Å². The Labute approximate surface area is 117 Å². The van der Waals surface area contributed by atoms with Crippen molar-refractivity contribution in [2.75, 3.05) is 5.32 Å². The van der Waals surface area contributed by atoms with Crippen LogP contribution in [0.1, 0.15) is 31.7 Å². The highest BCUT2D eigenvalue weighted by Gasteiger charge is 2.19. The second-order valence-corrected chi connectivity index (χ2v) is 4.32. The Balaban J connectivity index is 2.61. The minimum absolute atomic E-state index is 0.386. The molecule has 106 valence electrons. The summed E-state index contributed by atoms with van der Waals surface area (Å²) in [6, 6.07) is 6.86. The van der Waals surface area contributed by atoms with Gasteiger partial charge in [-0.25, -0.2) is 9.59 Å². The van der Waals surface area contributed by atoms with E-state index < -0.39 is 18.0 Å². The first kappa shape index (κ1) is 15.5. The molecule has 1 rings (SSSR count). The summed E-state index contributed by atoms with van der Waals surface area (Å²) in [6.07, 6.45) is 1.97. The molecule has 0 aliphatic rings. The molecule has 6 nitrogen and oxygen atoms in total. The van der Waals surface area contributed by atoms with E-state index >= 15 is 0 Å². The molecule has 0 spiro atoms. The SMILES string of the molecule is CCCC[C@H](NC(=O)Nc1cccc(C#N)c1)C(=O)O. The summed E-state index contributed by atoms with van der Waals surface area (Å²) in [4.78, 5) is 22.7. The van der Waals surface area contributed by atoms with Crippen molar-refractivity contribution in [3.05, 3.63) is 29.8 Å². The van der Waals surface area contributed by atoms with Gasteiger partial charge >= 0.3 is 12.0 Å². The third kappa shape index (κ3) is 4.98. The second-order valence-electron chi connectivity index (χ2n) is 4.32. The number of carboxylic acids is 1. The predicted octanol–water partition coefficient (Wildman–Crippen LogP) is 2.32. The monoisotopic (exact) mass is 275 g/mol. The third-order valence-electron chi connectivity index (χ3n) is 2.70. The lowest BCUT2D eigenvalue weighted by Crippen LogP contribution is -2.42. The fraction of sp³-hybridized carbons (Fsp3) is 0.357. The Hall–Kier alpha value is -2.55. The Morgan fingerprint density at radius 2 is 2.20 bits per heavy atom. The van der Waals surface area contributed by atoms with Crippen LogP contribution in [0.5, 0.6) is 0 Å². The molecule has 2 amide bonds. The van der Waals surface area contributed by atoms with Gasteiger partial charge in [-0.05, 0) is 24.6 Å². The molecule has 0 aromatic heterocycles. The molecule has 0 unspecified atom stereocenters. The van der Waals surface area contributed by atoms with Crippen molar-refractivity contribution in [2.45, 2.75) is 32.2 Å². The number of urea groups is 1. The largest absolute Gasteiger partial charge is 0.480 e. The maximum Gasteiger partial charge on any atom is 0.326 e. The van der Waals surface area contributed by atoms with Crippen molar-refractivity contribution in [1.82, 2.24) is 5.32 Å². The Morgan fingerprint density at radius 3 is 2.80 bits per heavy atom. The predicted molar refractivity (Wildman–Crippen MR) is 74.3 cm³/mol. The molecule has 0 fully saturated rings. The van der Waals surface area contributed by atoms with E-state index in [9.17, 15) is 9.59 Å². The molecule has 0 bridgehead atoms. The molecule has 0 saturated heterocycles. The molecule has 3 N–H and O–H groups in total. The zero-order valence-corrected chi connectivity index (χ0v) is 11.2. The van der Waals surface area contributed by atoms with Crippen LogP contribution < -0.4 is 10.6 Å². The van der Waals surface area contributed by atoms with Gasteiger partial charge < -0.3 is 15.7 Å². The van der Waals surface area contributed by atoms with Gasteiger partial charge in [0.1, 0.15) is 6.04 Å². The number of hydrogen-bond donors (Lipinski definition) is 3. The molecule has 1 aromatic rings. The maximum atomic E-state index is 11.7. The highest BCUT2D eigenvalue weighted by atomic mass is 16.4. The standard InChI is InChI=1S/C14H17N3O3/c1-2-3-7-12(13(18)19)17-14(20)16-11-6-4-5-10(8-11)9-15/h4-6,8,12H,2-3,7H2,1H3,(H,18,19)(H2,16,17,20)/t12-/m0/s1. The van der Waals surface area contributed by atoms with Crippen molar-refractivity contribution >= 4 is 17.7 Å². The van der Waals surface area contributed by atoms with Crippen molar-refractivity contribution in [3.63, 3.8) is 0 Å². The highest BCUT2D eigenvalue weighted by molar-refractivity contribution is 5.92. The van der Waals surface area contributed by atoms with Crippen molar-refractivity contribution in [1.29, 1.82) is 5.26 Å². The Bertz CT molecular complexity index is 523. The summed E-state index contributed by atoms with van der Waals surface area (Å²) >= 11 is 0. The summed E-state index contributed by atoms with van der Waals surface area (Å²) in [5, 5.41) is 22.7. The quantitative estimate of drug-likeness (QED) is 0.741. The molecule has 0 aliphatic heterocycles. The summed E-state index contributed by atoms with van der Waals surface area (Å²) in [6.45, 7) is 1.95. The molecule has 0 saturated carbocycles. The number of carbonyl (C=O) groups excluding carboxylic acids is 1. The van der Waals surface area contributed by atoms with Gasteiger partial charge in [-0.1, -0.05) is 25.8 Å². The minimum Gasteiger partial charge on any atom is -0.480 e. The lowest BCUT2D eigenvalue weighted by molar-refractivity contribution is -0.139. The van der Waals surface area contributed by atoms with E-state index in [4.69, 9.17) is 10.4 Å². The van der Waals surface area contributed by atoms with Crippen LogP contribution in [0, 0.1) is 11.3 Å². The normalized spacial score (nSPS) is 11.2. The number of carboxylic acid groups (broad SMARTS) is 1. The zero-order valence-electron chi connectivity index (χ0n) is 11.2. The van der Waals surface area contributed by atoms with E-state index in [0.29, 0.717) is 17.7 Å². The molecular weight excluding hydrogens is 258 g/mol. The number of nitrogens with one attached hydrogen (secondary N) is 2. The number of carbonyl (C=O) groups is 2. The molecule has 1 atom stereocenters. The van der Waals surface area contributed by atoms with E-state index in [1.54, 1.807) is 18.2 Å². The average molecular weight is 275 g/mol. The van der Waals surface area contributed by atoms with Gasteiger partial charge in [0, 0.05) is 5.69 Å². The molecule has 0 radical (unpaired) electrons. The van der Waals surface area contributed by atoms with Gasteiger partial charge in [-0.15, -0.1) is 0 Å². The number of nitriles is 1. The summed E-state index contributed by atoms with van der Waals surface area (Å²) in [5.41, 5.74) is 0.866. The minimum atomic E-state index is -1.06. The smallest absolute Gasteiger partial charge is 0.326 e. The van der Waals surface area contributed by atoms with E-state index in [1.165, 1.54) is 6.07 Å². The van der Waals surface area contributed by atoms with E-state index in [1.807, 2.05) is 13.0 Å². The van der Waals surface area contributed by atoms with Crippen LogP contribution in [0.3, 0.4) is 0 Å². The van der Waals surface area contributed by atoms with Crippen LogP contribution in [0.25, 0.3) is 0 Å².